The molecule has 2 nitrogen and oxygen atoms in total. The molecule has 0 amide bonds. The summed E-state index contributed by atoms with van der Waals surface area (Å²) in [5, 5.41) is 0.0363. The van der Waals surface area contributed by atoms with Crippen LogP contribution in [0.4, 0.5) is 0 Å². The van der Waals surface area contributed by atoms with Gasteiger partial charge < -0.3 is 8.85 Å². The molecule has 1 aliphatic rings. The lowest BCUT2D eigenvalue weighted by Gasteiger charge is -2.44. The van der Waals surface area contributed by atoms with Gasteiger partial charge in [0.05, 0.1) is 0 Å². The topological polar surface area (TPSA) is 18.5 Å². The van der Waals surface area contributed by atoms with Gasteiger partial charge in [0.1, 0.15) is 0 Å². The molecule has 0 radical (unpaired) electrons. The third-order valence-corrected chi connectivity index (χ3v) is 9.57. The van der Waals surface area contributed by atoms with E-state index in [-0.39, 0.29) is 5.04 Å². The number of hydrogen-bond acceptors (Lipinski definition) is 2. The van der Waals surface area contributed by atoms with Gasteiger partial charge in [-0.05, 0) is 38.8 Å². The highest BCUT2D eigenvalue weighted by Gasteiger charge is 2.56. The van der Waals surface area contributed by atoms with Gasteiger partial charge in [0, 0.05) is 24.8 Å². The lowest BCUT2D eigenvalue weighted by Crippen LogP contribution is -2.53. The minimum atomic E-state index is -2.34. The van der Waals surface area contributed by atoms with E-state index in [1.807, 2.05) is 14.2 Å². The van der Waals surface area contributed by atoms with Gasteiger partial charge in [-0.1, -0.05) is 31.9 Å². The zero-order valence-electron chi connectivity index (χ0n) is 13.4. The summed E-state index contributed by atoms with van der Waals surface area (Å²) in [7, 11) is 1.28. The molecule has 0 bridgehead atoms. The second-order valence-corrected chi connectivity index (χ2v) is 10.6. The van der Waals surface area contributed by atoms with Crippen LogP contribution in [-0.2, 0) is 8.85 Å². The molecule has 1 aliphatic carbocycles. The molecule has 1 rings (SSSR count). The van der Waals surface area contributed by atoms with E-state index in [0.29, 0.717) is 5.54 Å². The lowest BCUT2D eigenvalue weighted by atomic mass is 10.1. The van der Waals surface area contributed by atoms with Crippen molar-refractivity contribution in [3.63, 3.8) is 0 Å². The Bertz CT molecular complexity index is 371. The summed E-state index contributed by atoms with van der Waals surface area (Å²) in [5.74, 6) is 0. The van der Waals surface area contributed by atoms with Gasteiger partial charge in [-0.2, -0.15) is 0 Å². The molecule has 104 valence electrons. The van der Waals surface area contributed by atoms with E-state index >= 15 is 0 Å². The van der Waals surface area contributed by atoms with Crippen molar-refractivity contribution in [1.29, 1.82) is 0 Å². The molecule has 0 atom stereocenters. The number of rotatable bonds is 3. The minimum absolute atomic E-state index is 0.0363. The fourth-order valence-corrected chi connectivity index (χ4v) is 7.59. The lowest BCUT2D eigenvalue weighted by molar-refractivity contribution is 0.208. The van der Waals surface area contributed by atoms with Crippen molar-refractivity contribution in [3.05, 3.63) is 22.3 Å². The molecule has 0 aliphatic heterocycles. The molecule has 0 saturated carbocycles. The van der Waals surface area contributed by atoms with Crippen molar-refractivity contribution < 1.29 is 8.85 Å². The fourth-order valence-electron chi connectivity index (χ4n) is 3.28. The van der Waals surface area contributed by atoms with Gasteiger partial charge in [-0.15, -0.1) is 0 Å². The van der Waals surface area contributed by atoms with E-state index in [2.05, 4.69) is 48.5 Å². The van der Waals surface area contributed by atoms with Gasteiger partial charge in [0.2, 0.25) is 0 Å². The van der Waals surface area contributed by atoms with Crippen LogP contribution in [0, 0.1) is 0 Å². The van der Waals surface area contributed by atoms with Crippen LogP contribution in [0.15, 0.2) is 22.3 Å². The quantitative estimate of drug-likeness (QED) is 0.698. The zero-order chi connectivity index (χ0) is 14.3. The Morgan fingerprint density at radius 2 is 1.17 bits per heavy atom. The van der Waals surface area contributed by atoms with Crippen molar-refractivity contribution >= 4 is 8.56 Å². The van der Waals surface area contributed by atoms with Crippen LogP contribution in [-0.4, -0.2) is 22.8 Å². The van der Waals surface area contributed by atoms with Crippen LogP contribution in [0.1, 0.15) is 48.5 Å². The monoisotopic (exact) mass is 268 g/mol. The third-order valence-electron chi connectivity index (χ3n) is 4.64. The molecular weight excluding hydrogens is 240 g/mol. The van der Waals surface area contributed by atoms with Crippen molar-refractivity contribution in [3.8, 4) is 0 Å². The van der Waals surface area contributed by atoms with Gasteiger partial charge in [-0.25, -0.2) is 0 Å². The van der Waals surface area contributed by atoms with Crippen LogP contribution in [0.2, 0.25) is 10.6 Å². The molecule has 0 aromatic rings. The van der Waals surface area contributed by atoms with E-state index in [1.54, 1.807) is 0 Å². The van der Waals surface area contributed by atoms with E-state index in [9.17, 15) is 0 Å². The Morgan fingerprint density at radius 3 is 1.39 bits per heavy atom. The van der Waals surface area contributed by atoms with Crippen molar-refractivity contribution in [2.75, 3.05) is 14.2 Å². The zero-order valence-corrected chi connectivity index (χ0v) is 14.4. The second kappa shape index (κ2) is 4.95. The first-order valence-corrected chi connectivity index (χ1v) is 8.48. The van der Waals surface area contributed by atoms with Crippen LogP contribution in [0.3, 0.4) is 0 Å². The minimum Gasteiger partial charge on any atom is -0.397 e. The summed E-state index contributed by atoms with van der Waals surface area (Å²) < 4.78 is 12.0. The molecule has 0 N–H and O–H groups in total. The van der Waals surface area contributed by atoms with Crippen LogP contribution in [0.25, 0.3) is 0 Å². The summed E-state index contributed by atoms with van der Waals surface area (Å²) in [6.07, 6.45) is 0. The molecule has 0 spiro atoms. The normalized spacial score (nSPS) is 19.2. The molecule has 0 unspecified atom stereocenters. The highest BCUT2D eigenvalue weighted by Crippen LogP contribution is 2.54. The van der Waals surface area contributed by atoms with Crippen LogP contribution in [0.5, 0.6) is 0 Å². The third kappa shape index (κ3) is 2.02. The Balaban J connectivity index is 3.44. The van der Waals surface area contributed by atoms with E-state index in [4.69, 9.17) is 8.85 Å². The predicted molar refractivity (Wildman–Crippen MR) is 80.0 cm³/mol. The molecule has 18 heavy (non-hydrogen) atoms. The van der Waals surface area contributed by atoms with Gasteiger partial charge in [0.25, 0.3) is 0 Å². The Labute approximate surface area is 113 Å². The van der Waals surface area contributed by atoms with Crippen LogP contribution >= 0.6 is 0 Å². The Morgan fingerprint density at radius 1 is 0.833 bits per heavy atom. The first-order valence-electron chi connectivity index (χ1n) is 6.59. The highest BCUT2D eigenvalue weighted by atomic mass is 28.4. The summed E-state index contributed by atoms with van der Waals surface area (Å²) in [6.45, 7) is 15.6. The molecule has 0 fully saturated rings. The second-order valence-electron chi connectivity index (χ2n) is 6.37. The maximum absolute atomic E-state index is 6.02. The first-order chi connectivity index (χ1) is 8.14. The predicted octanol–water partition coefficient (Wildman–Crippen LogP) is 4.58. The number of allylic oxidation sites excluding steroid dienone is 4. The van der Waals surface area contributed by atoms with Gasteiger partial charge in [0.15, 0.2) is 0 Å². The van der Waals surface area contributed by atoms with Crippen LogP contribution < -0.4 is 0 Å². The van der Waals surface area contributed by atoms with Gasteiger partial charge in [-0.3, -0.25) is 0 Å². The molecular formula is C15H28O2Si. The fraction of sp³-hybridized carbons (Fsp3) is 0.733. The smallest absolute Gasteiger partial charge is 0.354 e. The van der Waals surface area contributed by atoms with Crippen molar-refractivity contribution in [1.82, 2.24) is 0 Å². The Kier molecular flexibility index (Phi) is 4.31. The maximum atomic E-state index is 6.02. The highest BCUT2D eigenvalue weighted by molar-refractivity contribution is 6.73. The summed E-state index contributed by atoms with van der Waals surface area (Å²) in [5.41, 5.74) is 6.01. The Hall–Kier alpha value is -0.383. The number of hydrogen-bond donors (Lipinski definition) is 0. The molecule has 0 aromatic carbocycles. The van der Waals surface area contributed by atoms with E-state index < -0.39 is 8.56 Å². The summed E-state index contributed by atoms with van der Waals surface area (Å²) in [4.78, 5) is 0. The average Bonchev–Trinajstić information content (AvgIpc) is 2.47. The SMILES string of the molecule is CO[Si](OC)(C1C(C)=C(C)C(C)=C1C)C(C)(C)C. The molecule has 3 heteroatoms. The van der Waals surface area contributed by atoms with Crippen molar-refractivity contribution in [2.24, 2.45) is 0 Å². The maximum Gasteiger partial charge on any atom is 0.354 e. The summed E-state index contributed by atoms with van der Waals surface area (Å²) in [6, 6.07) is 0. The standard InChI is InChI=1S/C15H28O2Si/c1-10-11(2)13(4)14(12(10)3)18(16-8,17-9)15(5,6)7/h14H,1-9H3. The largest absolute Gasteiger partial charge is 0.397 e. The molecule has 0 saturated heterocycles. The average molecular weight is 268 g/mol. The van der Waals surface area contributed by atoms with Gasteiger partial charge >= 0.3 is 8.56 Å². The molecule has 0 aromatic heterocycles. The molecule has 0 heterocycles. The first kappa shape index (κ1) is 15.7. The van der Waals surface area contributed by atoms with E-state index in [1.165, 1.54) is 22.3 Å². The van der Waals surface area contributed by atoms with E-state index in [0.717, 1.165) is 0 Å². The van der Waals surface area contributed by atoms with Crippen molar-refractivity contribution in [2.45, 2.75) is 59.0 Å². The summed E-state index contributed by atoms with van der Waals surface area (Å²) >= 11 is 0.